The molecule has 120 valence electrons. The zero-order chi connectivity index (χ0) is 16.8. The first-order chi connectivity index (χ1) is 11.0. The van der Waals surface area contributed by atoms with Gasteiger partial charge in [-0.25, -0.2) is 0 Å². The minimum atomic E-state index is -1.11. The van der Waals surface area contributed by atoms with E-state index in [0.29, 0.717) is 12.2 Å². The molecule has 0 saturated carbocycles. The van der Waals surface area contributed by atoms with Crippen molar-refractivity contribution in [2.24, 2.45) is 5.92 Å². The molecule has 0 saturated heterocycles. The van der Waals surface area contributed by atoms with Crippen molar-refractivity contribution < 1.29 is 14.7 Å². The molecule has 1 atom stereocenters. The third-order valence-corrected chi connectivity index (χ3v) is 4.07. The number of nitrogens with zero attached hydrogens (tertiary/aromatic N) is 1. The molecule has 0 radical (unpaired) electrons. The Kier molecular flexibility index (Phi) is 5.93. The second kappa shape index (κ2) is 7.92. The number of hydrogen-bond donors (Lipinski definition) is 1. The van der Waals surface area contributed by atoms with Crippen LogP contribution in [0.3, 0.4) is 0 Å². The predicted octanol–water partition coefficient (Wildman–Crippen LogP) is 3.75. The molecular weight excluding hydrogens is 358 g/mol. The van der Waals surface area contributed by atoms with Gasteiger partial charge in [0, 0.05) is 16.7 Å². The van der Waals surface area contributed by atoms with E-state index >= 15 is 0 Å². The Morgan fingerprint density at radius 3 is 2.39 bits per heavy atom. The smallest absolute Gasteiger partial charge is 0.316 e. The number of carboxylic acid groups (broad SMARTS) is 1. The number of amides is 1. The van der Waals surface area contributed by atoms with Gasteiger partial charge in [-0.2, -0.15) is 0 Å². The SMILES string of the molecule is CCN(C(=O)C(Cc1cccc(Br)c1)C(=O)O)c1ccccc1. The second-order valence-corrected chi connectivity index (χ2v) is 6.06. The summed E-state index contributed by atoms with van der Waals surface area (Å²) in [7, 11) is 0. The van der Waals surface area contributed by atoms with E-state index < -0.39 is 17.8 Å². The van der Waals surface area contributed by atoms with E-state index in [1.165, 1.54) is 4.90 Å². The molecule has 2 rings (SSSR count). The average Bonchev–Trinajstić information content (AvgIpc) is 2.54. The van der Waals surface area contributed by atoms with Gasteiger partial charge in [-0.1, -0.05) is 46.3 Å². The summed E-state index contributed by atoms with van der Waals surface area (Å²) < 4.78 is 0.863. The van der Waals surface area contributed by atoms with Gasteiger partial charge in [0.25, 0.3) is 0 Å². The Labute approximate surface area is 143 Å². The topological polar surface area (TPSA) is 57.6 Å². The highest BCUT2D eigenvalue weighted by atomic mass is 79.9. The predicted molar refractivity (Wildman–Crippen MR) is 93.4 cm³/mol. The first-order valence-corrected chi connectivity index (χ1v) is 8.16. The van der Waals surface area contributed by atoms with Gasteiger partial charge in [-0.3, -0.25) is 9.59 Å². The van der Waals surface area contributed by atoms with Crippen molar-refractivity contribution in [1.29, 1.82) is 0 Å². The number of carboxylic acids is 1. The molecule has 0 aromatic heterocycles. The van der Waals surface area contributed by atoms with Gasteiger partial charge in [0.05, 0.1) is 0 Å². The summed E-state index contributed by atoms with van der Waals surface area (Å²) in [4.78, 5) is 25.9. The van der Waals surface area contributed by atoms with Gasteiger partial charge < -0.3 is 10.0 Å². The van der Waals surface area contributed by atoms with Crippen LogP contribution in [0.4, 0.5) is 5.69 Å². The van der Waals surface area contributed by atoms with E-state index in [0.717, 1.165) is 10.0 Å². The fraction of sp³-hybridized carbons (Fsp3) is 0.222. The van der Waals surface area contributed by atoms with Crippen LogP contribution < -0.4 is 4.90 Å². The molecule has 0 aliphatic rings. The van der Waals surface area contributed by atoms with Crippen molar-refractivity contribution in [3.63, 3.8) is 0 Å². The zero-order valence-corrected chi connectivity index (χ0v) is 14.4. The van der Waals surface area contributed by atoms with Crippen LogP contribution in [-0.4, -0.2) is 23.5 Å². The molecule has 2 aromatic rings. The Hall–Kier alpha value is -2.14. The third kappa shape index (κ3) is 4.42. The number of hydrogen-bond acceptors (Lipinski definition) is 2. The van der Waals surface area contributed by atoms with Gasteiger partial charge in [0.15, 0.2) is 0 Å². The van der Waals surface area contributed by atoms with Gasteiger partial charge >= 0.3 is 5.97 Å². The molecule has 0 spiro atoms. The van der Waals surface area contributed by atoms with Crippen molar-refractivity contribution in [3.05, 3.63) is 64.6 Å². The molecule has 0 aliphatic heterocycles. The minimum Gasteiger partial charge on any atom is -0.481 e. The Morgan fingerprint density at radius 1 is 1.13 bits per heavy atom. The average molecular weight is 376 g/mol. The van der Waals surface area contributed by atoms with E-state index in [1.54, 1.807) is 12.1 Å². The van der Waals surface area contributed by atoms with E-state index in [2.05, 4.69) is 15.9 Å². The number of aliphatic carboxylic acids is 1. The standard InChI is InChI=1S/C18H18BrNO3/c1-2-20(15-9-4-3-5-10-15)17(21)16(18(22)23)12-13-7-6-8-14(19)11-13/h3-11,16H,2,12H2,1H3,(H,22,23). The molecule has 4 nitrogen and oxygen atoms in total. The molecule has 0 aliphatic carbocycles. The lowest BCUT2D eigenvalue weighted by atomic mass is 9.97. The molecule has 1 amide bonds. The van der Waals surface area contributed by atoms with Gasteiger partial charge in [-0.15, -0.1) is 0 Å². The summed E-state index contributed by atoms with van der Waals surface area (Å²) >= 11 is 3.36. The maximum atomic E-state index is 12.7. The van der Waals surface area contributed by atoms with Crippen molar-refractivity contribution in [2.45, 2.75) is 13.3 Å². The number of benzene rings is 2. The van der Waals surface area contributed by atoms with E-state index in [1.807, 2.05) is 49.4 Å². The quantitative estimate of drug-likeness (QED) is 0.782. The van der Waals surface area contributed by atoms with Gasteiger partial charge in [0.2, 0.25) is 5.91 Å². The highest BCUT2D eigenvalue weighted by molar-refractivity contribution is 9.10. The molecule has 0 fully saturated rings. The summed E-state index contributed by atoms with van der Waals surface area (Å²) in [6.07, 6.45) is 0.164. The molecule has 0 heterocycles. The molecule has 1 N–H and O–H groups in total. The monoisotopic (exact) mass is 375 g/mol. The minimum absolute atomic E-state index is 0.164. The molecule has 5 heteroatoms. The summed E-state index contributed by atoms with van der Waals surface area (Å²) in [5.74, 6) is -2.61. The normalized spacial score (nSPS) is 11.7. The van der Waals surface area contributed by atoms with Crippen LogP contribution in [0.1, 0.15) is 12.5 Å². The van der Waals surface area contributed by atoms with Crippen LogP contribution >= 0.6 is 15.9 Å². The van der Waals surface area contributed by atoms with Crippen molar-refractivity contribution >= 4 is 33.5 Å². The van der Waals surface area contributed by atoms with Crippen LogP contribution in [0.5, 0.6) is 0 Å². The van der Waals surface area contributed by atoms with E-state index in [-0.39, 0.29) is 6.42 Å². The highest BCUT2D eigenvalue weighted by Gasteiger charge is 2.30. The van der Waals surface area contributed by atoms with Crippen LogP contribution in [0.2, 0.25) is 0 Å². The number of anilines is 1. The molecule has 23 heavy (non-hydrogen) atoms. The van der Waals surface area contributed by atoms with Crippen LogP contribution in [0.25, 0.3) is 0 Å². The lowest BCUT2D eigenvalue weighted by Gasteiger charge is -2.24. The lowest BCUT2D eigenvalue weighted by Crippen LogP contribution is -2.40. The summed E-state index contributed by atoms with van der Waals surface area (Å²) in [5, 5.41) is 9.51. The largest absolute Gasteiger partial charge is 0.481 e. The fourth-order valence-electron chi connectivity index (χ4n) is 2.44. The number of rotatable bonds is 6. The summed E-state index contributed by atoms with van der Waals surface area (Å²) in [5.41, 5.74) is 1.52. The Bertz CT molecular complexity index is 688. The van der Waals surface area contributed by atoms with Gasteiger partial charge in [-0.05, 0) is 43.2 Å². The maximum absolute atomic E-state index is 12.7. The van der Waals surface area contributed by atoms with E-state index in [9.17, 15) is 14.7 Å². The van der Waals surface area contributed by atoms with Crippen LogP contribution in [-0.2, 0) is 16.0 Å². The fourth-order valence-corrected chi connectivity index (χ4v) is 2.89. The van der Waals surface area contributed by atoms with Gasteiger partial charge in [0.1, 0.15) is 5.92 Å². The van der Waals surface area contributed by atoms with Crippen LogP contribution in [0.15, 0.2) is 59.1 Å². The van der Waals surface area contributed by atoms with Crippen LogP contribution in [0, 0.1) is 5.92 Å². The number of para-hydroxylation sites is 1. The first kappa shape index (κ1) is 17.2. The molecule has 2 aromatic carbocycles. The molecule has 1 unspecified atom stereocenters. The van der Waals surface area contributed by atoms with Crippen molar-refractivity contribution in [3.8, 4) is 0 Å². The number of carbonyl (C=O) groups excluding carboxylic acids is 1. The Balaban J connectivity index is 2.25. The maximum Gasteiger partial charge on any atom is 0.316 e. The van der Waals surface area contributed by atoms with E-state index in [4.69, 9.17) is 0 Å². The third-order valence-electron chi connectivity index (χ3n) is 3.58. The number of halogens is 1. The summed E-state index contributed by atoms with van der Waals surface area (Å²) in [6, 6.07) is 16.5. The zero-order valence-electron chi connectivity index (χ0n) is 12.8. The first-order valence-electron chi connectivity index (χ1n) is 7.36. The lowest BCUT2D eigenvalue weighted by molar-refractivity contribution is -0.146. The highest BCUT2D eigenvalue weighted by Crippen LogP contribution is 2.20. The molecule has 0 bridgehead atoms. The van der Waals surface area contributed by atoms with Crippen molar-refractivity contribution in [2.75, 3.05) is 11.4 Å². The Morgan fingerprint density at radius 2 is 1.83 bits per heavy atom. The number of carbonyl (C=O) groups is 2. The molecular formula is C18H18BrNO3. The van der Waals surface area contributed by atoms with Crippen molar-refractivity contribution in [1.82, 2.24) is 0 Å². The summed E-state index contributed by atoms with van der Waals surface area (Å²) in [6.45, 7) is 2.26. The second-order valence-electron chi connectivity index (χ2n) is 5.14.